The van der Waals surface area contributed by atoms with Crippen LogP contribution in [-0.4, -0.2) is 32.9 Å². The first-order valence-corrected chi connectivity index (χ1v) is 4.90. The number of hydrogen-bond acceptors (Lipinski definition) is 3. The summed E-state index contributed by atoms with van der Waals surface area (Å²) in [6, 6.07) is 0. The molecule has 0 heterocycles. The maximum absolute atomic E-state index is 10.5. The molecule has 0 unspecified atom stereocenters. The molecule has 0 aromatic carbocycles. The molecule has 10 heavy (non-hydrogen) atoms. The Balaban J connectivity index is 3.49. The first-order valence-electron chi connectivity index (χ1n) is 2.84. The van der Waals surface area contributed by atoms with E-state index in [1.165, 1.54) is 6.92 Å². The van der Waals surface area contributed by atoms with E-state index in [1.807, 2.05) is 0 Å². The number of amides is 1. The minimum atomic E-state index is -2.93. The summed E-state index contributed by atoms with van der Waals surface area (Å²) in [5.41, 5.74) is 0. The number of sulfone groups is 1. The first kappa shape index (κ1) is 9.42. The second-order valence-electron chi connectivity index (χ2n) is 2.11. The van der Waals surface area contributed by atoms with Crippen LogP contribution < -0.4 is 5.32 Å². The molecule has 0 saturated carbocycles. The Hall–Kier alpha value is -0.580. The zero-order valence-electron chi connectivity index (χ0n) is 6.05. The predicted molar refractivity (Wildman–Crippen MR) is 38.4 cm³/mol. The Morgan fingerprint density at radius 1 is 1.50 bits per heavy atom. The lowest BCUT2D eigenvalue weighted by atomic mass is 10.6. The Morgan fingerprint density at radius 3 is 2.30 bits per heavy atom. The second kappa shape index (κ2) is 3.55. The largest absolute Gasteiger partial charge is 0.355 e. The van der Waals surface area contributed by atoms with Gasteiger partial charge in [-0.15, -0.1) is 0 Å². The van der Waals surface area contributed by atoms with Crippen molar-refractivity contribution in [3.63, 3.8) is 0 Å². The van der Waals surface area contributed by atoms with Crippen LogP contribution in [0.1, 0.15) is 6.92 Å². The van der Waals surface area contributed by atoms with Crippen molar-refractivity contribution in [1.82, 2.24) is 5.32 Å². The number of hydrogen-bond donors (Lipinski definition) is 1. The second-order valence-corrected chi connectivity index (χ2v) is 4.37. The predicted octanol–water partition coefficient (Wildman–Crippen LogP) is -0.833. The molecule has 0 fully saturated rings. The van der Waals surface area contributed by atoms with Crippen molar-refractivity contribution in [1.29, 1.82) is 0 Å². The Morgan fingerprint density at radius 2 is 2.00 bits per heavy atom. The molecule has 0 aromatic rings. The highest BCUT2D eigenvalue weighted by atomic mass is 32.2. The van der Waals surface area contributed by atoms with Gasteiger partial charge in [-0.05, 0) is 0 Å². The van der Waals surface area contributed by atoms with Crippen LogP contribution in [-0.2, 0) is 14.6 Å². The lowest BCUT2D eigenvalue weighted by Gasteiger charge is -1.98. The molecule has 0 aliphatic heterocycles. The minimum Gasteiger partial charge on any atom is -0.355 e. The Labute approximate surface area is 60.5 Å². The third kappa shape index (κ3) is 7.42. The fourth-order valence-corrected chi connectivity index (χ4v) is 0.885. The van der Waals surface area contributed by atoms with Gasteiger partial charge in [0.15, 0.2) is 0 Å². The van der Waals surface area contributed by atoms with Gasteiger partial charge >= 0.3 is 0 Å². The molecule has 0 bridgehead atoms. The van der Waals surface area contributed by atoms with Gasteiger partial charge in [0.1, 0.15) is 9.84 Å². The molecule has 0 atom stereocenters. The van der Waals surface area contributed by atoms with Crippen molar-refractivity contribution in [2.24, 2.45) is 0 Å². The summed E-state index contributed by atoms with van der Waals surface area (Å²) < 4.78 is 20.9. The molecule has 60 valence electrons. The van der Waals surface area contributed by atoms with Gasteiger partial charge in [-0.25, -0.2) is 8.42 Å². The van der Waals surface area contributed by atoms with E-state index in [-0.39, 0.29) is 18.2 Å². The molecule has 0 saturated heterocycles. The maximum Gasteiger partial charge on any atom is 0.216 e. The van der Waals surface area contributed by atoms with Gasteiger partial charge < -0.3 is 5.32 Å². The van der Waals surface area contributed by atoms with Crippen molar-refractivity contribution in [3.8, 4) is 0 Å². The van der Waals surface area contributed by atoms with Gasteiger partial charge in [-0.2, -0.15) is 0 Å². The summed E-state index contributed by atoms with van der Waals surface area (Å²) in [6.45, 7) is 1.55. The molecule has 0 rings (SSSR count). The molecule has 1 amide bonds. The average molecular weight is 165 g/mol. The highest BCUT2D eigenvalue weighted by Crippen LogP contribution is 1.78. The zero-order valence-corrected chi connectivity index (χ0v) is 6.86. The van der Waals surface area contributed by atoms with Gasteiger partial charge in [0.25, 0.3) is 0 Å². The fraction of sp³-hybridized carbons (Fsp3) is 0.800. The van der Waals surface area contributed by atoms with E-state index >= 15 is 0 Å². The van der Waals surface area contributed by atoms with Gasteiger partial charge in [0, 0.05) is 19.7 Å². The van der Waals surface area contributed by atoms with E-state index in [4.69, 9.17) is 0 Å². The highest BCUT2D eigenvalue weighted by molar-refractivity contribution is 7.90. The van der Waals surface area contributed by atoms with Crippen LogP contribution in [0, 0.1) is 0 Å². The smallest absolute Gasteiger partial charge is 0.216 e. The van der Waals surface area contributed by atoms with E-state index in [0.717, 1.165) is 6.26 Å². The number of carbonyl (C=O) groups excluding carboxylic acids is 1. The molecule has 4 nitrogen and oxygen atoms in total. The molecule has 0 aliphatic rings. The molecule has 0 spiro atoms. The van der Waals surface area contributed by atoms with E-state index in [2.05, 4.69) is 5.32 Å². The summed E-state index contributed by atoms with van der Waals surface area (Å²) in [7, 11) is -2.93. The van der Waals surface area contributed by atoms with Crippen LogP contribution in [0.15, 0.2) is 0 Å². The van der Waals surface area contributed by atoms with Crippen molar-refractivity contribution in [2.75, 3.05) is 18.6 Å². The molecule has 1 N–H and O–H groups in total. The Bertz CT molecular complexity index is 207. The van der Waals surface area contributed by atoms with Gasteiger partial charge in [-0.3, -0.25) is 4.79 Å². The standard InChI is InChI=1S/C5H11NO3S/c1-5(7)6-3-4-10(2,8)9/h3-4H2,1-2H3,(H,6,7). The molecular weight excluding hydrogens is 154 g/mol. The van der Waals surface area contributed by atoms with Gasteiger partial charge in [-0.1, -0.05) is 0 Å². The van der Waals surface area contributed by atoms with Gasteiger partial charge in [0.05, 0.1) is 5.75 Å². The van der Waals surface area contributed by atoms with E-state index in [1.54, 1.807) is 0 Å². The SMILES string of the molecule is CC(=O)NCCS(C)(=O)=O. The van der Waals surface area contributed by atoms with Crippen LogP contribution in [0.4, 0.5) is 0 Å². The molecular formula is C5H11NO3S. The summed E-state index contributed by atoms with van der Waals surface area (Å²) >= 11 is 0. The third-order valence-corrected chi connectivity index (χ3v) is 1.79. The summed E-state index contributed by atoms with van der Waals surface area (Å²) in [6.07, 6.45) is 1.13. The summed E-state index contributed by atoms with van der Waals surface area (Å²) in [5, 5.41) is 2.38. The van der Waals surface area contributed by atoms with Crippen LogP contribution >= 0.6 is 0 Å². The summed E-state index contributed by atoms with van der Waals surface area (Å²) in [5.74, 6) is -0.198. The number of carbonyl (C=O) groups is 1. The normalized spacial score (nSPS) is 11.0. The Kier molecular flexibility index (Phi) is 3.35. The number of rotatable bonds is 3. The highest BCUT2D eigenvalue weighted by Gasteiger charge is 2.00. The molecule has 0 aromatic heterocycles. The van der Waals surface area contributed by atoms with Crippen molar-refractivity contribution >= 4 is 15.7 Å². The molecule has 0 radical (unpaired) electrons. The molecule has 5 heteroatoms. The summed E-state index contributed by atoms with van der Waals surface area (Å²) in [4.78, 5) is 10.2. The fourth-order valence-electron chi connectivity index (χ4n) is 0.412. The van der Waals surface area contributed by atoms with E-state index in [9.17, 15) is 13.2 Å². The quantitative estimate of drug-likeness (QED) is 0.593. The lowest BCUT2D eigenvalue weighted by Crippen LogP contribution is -2.26. The van der Waals surface area contributed by atoms with Crippen molar-refractivity contribution in [2.45, 2.75) is 6.92 Å². The molecule has 0 aliphatic carbocycles. The first-order chi connectivity index (χ1) is 4.42. The van der Waals surface area contributed by atoms with Crippen molar-refractivity contribution < 1.29 is 13.2 Å². The van der Waals surface area contributed by atoms with Crippen LogP contribution in [0.25, 0.3) is 0 Å². The lowest BCUT2D eigenvalue weighted by molar-refractivity contribution is -0.118. The maximum atomic E-state index is 10.5. The zero-order chi connectivity index (χ0) is 8.20. The van der Waals surface area contributed by atoms with Gasteiger partial charge in [0.2, 0.25) is 5.91 Å². The van der Waals surface area contributed by atoms with E-state index < -0.39 is 9.84 Å². The third-order valence-electron chi connectivity index (χ3n) is 0.847. The van der Waals surface area contributed by atoms with Crippen LogP contribution in [0.3, 0.4) is 0 Å². The van der Waals surface area contributed by atoms with Crippen LogP contribution in [0.5, 0.6) is 0 Å². The van der Waals surface area contributed by atoms with Crippen molar-refractivity contribution in [3.05, 3.63) is 0 Å². The minimum absolute atomic E-state index is 0.00653. The average Bonchev–Trinajstić information content (AvgIpc) is 1.59. The monoisotopic (exact) mass is 165 g/mol. The van der Waals surface area contributed by atoms with E-state index in [0.29, 0.717) is 0 Å². The number of nitrogens with one attached hydrogen (secondary N) is 1. The topological polar surface area (TPSA) is 63.2 Å². The van der Waals surface area contributed by atoms with Crippen LogP contribution in [0.2, 0.25) is 0 Å².